The van der Waals surface area contributed by atoms with Crippen LogP contribution >= 0.6 is 11.5 Å². The molecule has 0 saturated carbocycles. The summed E-state index contributed by atoms with van der Waals surface area (Å²) < 4.78 is 27.7. The highest BCUT2D eigenvalue weighted by Crippen LogP contribution is 2.34. The normalized spacial score (nSPS) is 11.0. The van der Waals surface area contributed by atoms with Gasteiger partial charge in [0.05, 0.1) is 21.8 Å². The molecule has 2 N–H and O–H groups in total. The average Bonchev–Trinajstić information content (AvgIpc) is 3.44. The molecule has 2 aromatic carbocycles. The molecule has 0 saturated heterocycles. The zero-order valence-corrected chi connectivity index (χ0v) is 17.5. The van der Waals surface area contributed by atoms with E-state index in [1.54, 1.807) is 24.4 Å². The smallest absolute Gasteiger partial charge is 0.207 e. The highest BCUT2D eigenvalue weighted by Gasteiger charge is 2.13. The first-order valence-corrected chi connectivity index (χ1v) is 10.5. The van der Waals surface area contributed by atoms with Crippen molar-refractivity contribution in [3.8, 4) is 11.5 Å². The minimum atomic E-state index is -0.508. The van der Waals surface area contributed by atoms with Crippen LogP contribution in [-0.4, -0.2) is 31.9 Å². The van der Waals surface area contributed by atoms with Crippen molar-refractivity contribution >= 4 is 50.6 Å². The first-order chi connectivity index (χ1) is 15.7. The zero-order valence-electron chi connectivity index (χ0n) is 16.7. The van der Waals surface area contributed by atoms with Gasteiger partial charge in [-0.05, 0) is 41.9 Å². The largest absolute Gasteiger partial charge is 0.454 e. The summed E-state index contributed by atoms with van der Waals surface area (Å²) in [5.74, 6) is 0.694. The van der Waals surface area contributed by atoms with Crippen LogP contribution in [0.5, 0.6) is 11.5 Å². The summed E-state index contributed by atoms with van der Waals surface area (Å²) in [6.45, 7) is 1.02. The number of halogens is 1. The van der Waals surface area contributed by atoms with Crippen molar-refractivity contribution in [1.29, 1.82) is 0 Å². The summed E-state index contributed by atoms with van der Waals surface area (Å²) in [5.41, 5.74) is 2.02. The van der Waals surface area contributed by atoms with Gasteiger partial charge in [0, 0.05) is 31.0 Å². The molecule has 0 fully saturated rings. The molecule has 10 heteroatoms. The number of rotatable bonds is 8. The Kier molecular flexibility index (Phi) is 5.34. The molecule has 3 heterocycles. The van der Waals surface area contributed by atoms with E-state index < -0.39 is 5.82 Å². The number of carbonyl (C=O) groups is 1. The van der Waals surface area contributed by atoms with E-state index in [9.17, 15) is 9.18 Å². The summed E-state index contributed by atoms with van der Waals surface area (Å²) in [5, 5.41) is 6.63. The van der Waals surface area contributed by atoms with Crippen LogP contribution in [0.3, 0.4) is 0 Å². The van der Waals surface area contributed by atoms with E-state index >= 15 is 0 Å². The standard InChI is InChI=1S/C22H17FN6O2S/c23-16-10-14(4-5-19(16)31-18-2-1-3-20-15(18)11-27-32-20)28-22-21-17(25-12-26-22)6-8-29(21)9-7-24-13-30/h1-6,8,10-13H,7,9H2,(H,24,30)(H,25,26,28). The molecule has 1 amide bonds. The summed E-state index contributed by atoms with van der Waals surface area (Å²) in [6.07, 6.45) is 5.68. The minimum absolute atomic E-state index is 0.116. The van der Waals surface area contributed by atoms with Gasteiger partial charge in [0.2, 0.25) is 6.41 Å². The maximum absolute atomic E-state index is 14.8. The average molecular weight is 448 g/mol. The highest BCUT2D eigenvalue weighted by molar-refractivity contribution is 7.13. The van der Waals surface area contributed by atoms with E-state index in [4.69, 9.17) is 4.74 Å². The first kappa shape index (κ1) is 19.9. The Hall–Kier alpha value is -4.05. The van der Waals surface area contributed by atoms with Gasteiger partial charge in [0.15, 0.2) is 17.4 Å². The number of carbonyl (C=O) groups excluding carboxylic acids is 1. The Bertz CT molecular complexity index is 1420. The highest BCUT2D eigenvalue weighted by atomic mass is 32.1. The van der Waals surface area contributed by atoms with Crippen LogP contribution < -0.4 is 15.4 Å². The molecule has 3 aromatic heterocycles. The van der Waals surface area contributed by atoms with Crippen molar-refractivity contribution in [3.05, 3.63) is 67.0 Å². The predicted octanol–water partition coefficient (Wildman–Crippen LogP) is 4.46. The lowest BCUT2D eigenvalue weighted by Crippen LogP contribution is -2.17. The Balaban J connectivity index is 1.40. The molecular weight excluding hydrogens is 431 g/mol. The number of nitrogens with zero attached hydrogens (tertiary/aromatic N) is 4. The number of fused-ring (bicyclic) bond motifs is 2. The lowest BCUT2D eigenvalue weighted by molar-refractivity contribution is -0.109. The summed E-state index contributed by atoms with van der Waals surface area (Å²) >= 11 is 1.36. The molecule has 0 aliphatic carbocycles. The predicted molar refractivity (Wildman–Crippen MR) is 121 cm³/mol. The monoisotopic (exact) mass is 448 g/mol. The molecule has 32 heavy (non-hydrogen) atoms. The van der Waals surface area contributed by atoms with Gasteiger partial charge in [-0.1, -0.05) is 6.07 Å². The van der Waals surface area contributed by atoms with Crippen molar-refractivity contribution in [1.82, 2.24) is 24.2 Å². The van der Waals surface area contributed by atoms with Gasteiger partial charge in [-0.3, -0.25) is 4.79 Å². The molecule has 0 aliphatic heterocycles. The van der Waals surface area contributed by atoms with Gasteiger partial charge in [0.1, 0.15) is 17.6 Å². The number of hydrogen-bond acceptors (Lipinski definition) is 7. The minimum Gasteiger partial charge on any atom is -0.454 e. The Morgan fingerprint density at radius 3 is 2.97 bits per heavy atom. The second-order valence-electron chi connectivity index (χ2n) is 6.90. The van der Waals surface area contributed by atoms with Crippen molar-refractivity contribution in [3.63, 3.8) is 0 Å². The molecule has 0 aliphatic rings. The van der Waals surface area contributed by atoms with E-state index in [2.05, 4.69) is 25.0 Å². The van der Waals surface area contributed by atoms with Crippen molar-refractivity contribution in [2.45, 2.75) is 6.54 Å². The molecule has 0 unspecified atom stereocenters. The summed E-state index contributed by atoms with van der Waals surface area (Å²) in [4.78, 5) is 19.1. The maximum atomic E-state index is 14.8. The number of aromatic nitrogens is 4. The van der Waals surface area contributed by atoms with Crippen molar-refractivity contribution in [2.75, 3.05) is 11.9 Å². The van der Waals surface area contributed by atoms with Gasteiger partial charge in [-0.15, -0.1) is 0 Å². The first-order valence-electron chi connectivity index (χ1n) is 9.77. The van der Waals surface area contributed by atoms with E-state index in [0.717, 1.165) is 21.1 Å². The Morgan fingerprint density at radius 2 is 2.09 bits per heavy atom. The maximum Gasteiger partial charge on any atom is 0.207 e. The van der Waals surface area contributed by atoms with Gasteiger partial charge in [-0.25, -0.2) is 14.4 Å². The van der Waals surface area contributed by atoms with E-state index in [-0.39, 0.29) is 5.75 Å². The van der Waals surface area contributed by atoms with Gasteiger partial charge in [-0.2, -0.15) is 4.37 Å². The van der Waals surface area contributed by atoms with E-state index in [1.165, 1.54) is 23.9 Å². The van der Waals surface area contributed by atoms with Crippen LogP contribution in [0, 0.1) is 5.82 Å². The fraction of sp³-hybridized carbons (Fsp3) is 0.0909. The number of nitrogens with one attached hydrogen (secondary N) is 2. The van der Waals surface area contributed by atoms with Crippen LogP contribution in [0.15, 0.2) is 61.2 Å². The van der Waals surface area contributed by atoms with Crippen LogP contribution in [0.25, 0.3) is 21.1 Å². The fourth-order valence-electron chi connectivity index (χ4n) is 3.43. The Labute approximate surface area is 185 Å². The third-order valence-corrected chi connectivity index (χ3v) is 5.67. The quantitative estimate of drug-likeness (QED) is 0.269. The van der Waals surface area contributed by atoms with Gasteiger partial charge < -0.3 is 19.9 Å². The van der Waals surface area contributed by atoms with E-state index in [1.807, 2.05) is 29.0 Å². The summed E-state index contributed by atoms with van der Waals surface area (Å²) in [6, 6.07) is 12.1. The van der Waals surface area contributed by atoms with Crippen molar-refractivity contribution < 1.29 is 13.9 Å². The number of benzene rings is 2. The third kappa shape index (κ3) is 3.83. The van der Waals surface area contributed by atoms with Crippen LogP contribution in [0.4, 0.5) is 15.9 Å². The molecule has 5 rings (SSSR count). The molecule has 160 valence electrons. The number of amides is 1. The van der Waals surface area contributed by atoms with E-state index in [0.29, 0.717) is 36.8 Å². The van der Waals surface area contributed by atoms with Crippen LogP contribution in [0.1, 0.15) is 0 Å². The molecule has 8 nitrogen and oxygen atoms in total. The lowest BCUT2D eigenvalue weighted by Gasteiger charge is -2.12. The van der Waals surface area contributed by atoms with Crippen LogP contribution in [0.2, 0.25) is 0 Å². The lowest BCUT2D eigenvalue weighted by atomic mass is 10.2. The molecule has 5 aromatic rings. The fourth-order valence-corrected chi connectivity index (χ4v) is 4.09. The summed E-state index contributed by atoms with van der Waals surface area (Å²) in [7, 11) is 0. The topological polar surface area (TPSA) is 94.0 Å². The number of ether oxygens (including phenoxy) is 1. The molecule has 0 radical (unpaired) electrons. The Morgan fingerprint density at radius 1 is 1.16 bits per heavy atom. The molecule has 0 atom stereocenters. The molecule has 0 bridgehead atoms. The molecule has 0 spiro atoms. The van der Waals surface area contributed by atoms with Gasteiger partial charge >= 0.3 is 0 Å². The van der Waals surface area contributed by atoms with Crippen LogP contribution in [-0.2, 0) is 11.3 Å². The second kappa shape index (κ2) is 8.60. The molecular formula is C22H17FN6O2S. The number of anilines is 2. The third-order valence-electron chi connectivity index (χ3n) is 4.90. The van der Waals surface area contributed by atoms with Crippen molar-refractivity contribution in [2.24, 2.45) is 0 Å². The second-order valence-corrected chi connectivity index (χ2v) is 7.74. The SMILES string of the molecule is O=CNCCn1ccc2ncnc(Nc3ccc(Oc4cccc5sncc45)c(F)c3)c21. The van der Waals surface area contributed by atoms with Gasteiger partial charge in [0.25, 0.3) is 0 Å². The zero-order chi connectivity index (χ0) is 21.9. The number of hydrogen-bond donors (Lipinski definition) is 2.